The molecule has 174 valence electrons. The average Bonchev–Trinajstić information content (AvgIpc) is 3.16. The van der Waals surface area contributed by atoms with Crippen LogP contribution in [0.3, 0.4) is 0 Å². The maximum Gasteiger partial charge on any atom is 0.225 e. The second kappa shape index (κ2) is 8.20. The van der Waals surface area contributed by atoms with Crippen molar-refractivity contribution in [2.45, 2.75) is 57.7 Å². The first-order valence-electron chi connectivity index (χ1n) is 11.4. The predicted molar refractivity (Wildman–Crippen MR) is 134 cm³/mol. The Bertz CT molecular complexity index is 1130. The first kappa shape index (κ1) is 22.5. The molecule has 1 aromatic carbocycles. The molecule has 2 aliphatic heterocycles. The van der Waals surface area contributed by atoms with E-state index in [1.807, 2.05) is 45.2 Å². The molecule has 3 N–H and O–H groups in total. The van der Waals surface area contributed by atoms with Crippen LogP contribution in [0, 0.1) is 11.3 Å². The van der Waals surface area contributed by atoms with E-state index >= 15 is 0 Å². The van der Waals surface area contributed by atoms with Gasteiger partial charge in [0.2, 0.25) is 5.91 Å². The number of nitrogens with two attached hydrogens (primary N) is 1. The van der Waals surface area contributed by atoms with Crippen LogP contribution in [0.1, 0.15) is 45.6 Å². The molecule has 3 heterocycles. The van der Waals surface area contributed by atoms with Gasteiger partial charge in [0.15, 0.2) is 5.17 Å². The lowest BCUT2D eigenvalue weighted by atomic mass is 9.67. The van der Waals surface area contributed by atoms with Crippen LogP contribution in [0.25, 0.3) is 11.1 Å². The third-order valence-electron chi connectivity index (χ3n) is 6.93. The van der Waals surface area contributed by atoms with Gasteiger partial charge >= 0.3 is 0 Å². The molecule has 1 spiro atoms. The summed E-state index contributed by atoms with van der Waals surface area (Å²) in [5.74, 6) is 1.85. The number of rotatable bonds is 2. The number of aromatic nitrogens is 1. The van der Waals surface area contributed by atoms with Gasteiger partial charge in [-0.1, -0.05) is 50.2 Å². The summed E-state index contributed by atoms with van der Waals surface area (Å²) < 4.78 is 6.52. The summed E-state index contributed by atoms with van der Waals surface area (Å²) in [6, 6.07) is 8.24. The third-order valence-corrected chi connectivity index (χ3v) is 8.11. The summed E-state index contributed by atoms with van der Waals surface area (Å²) in [6.45, 7) is 5.83. The van der Waals surface area contributed by atoms with Gasteiger partial charge in [-0.15, -0.1) is 0 Å². The van der Waals surface area contributed by atoms with Crippen LogP contribution in [0.5, 0.6) is 5.75 Å². The standard InChI is InChI=1S/C25H29ClN4O2S/c1-24(2,3)22(31)29-17-5-7-21-19(10-17)25(13-33-23(27)30-25)18-9-14(4-6-20(18)32-21)15-8-16(26)12-28-11-15/h4,6,8-9,11-12,17,19,21H,5,7,10,13H2,1-3H3,(H2,27,30)(H,29,31). The number of nitrogens with one attached hydrogen (secondary N) is 1. The lowest BCUT2D eigenvalue weighted by molar-refractivity contribution is -0.130. The highest BCUT2D eigenvalue weighted by Crippen LogP contribution is 2.55. The van der Waals surface area contributed by atoms with E-state index in [1.165, 1.54) is 0 Å². The SMILES string of the molecule is CC(C)(C)C(=O)NC1CCC2Oc3ccc(-c4cncc(Cl)c4)cc3C3(CSC(N)=N3)C2C1. The number of thioether (sulfide) groups is 1. The molecule has 0 saturated heterocycles. The van der Waals surface area contributed by atoms with Crippen molar-refractivity contribution < 1.29 is 9.53 Å². The highest BCUT2D eigenvalue weighted by atomic mass is 35.5. The molecule has 3 aliphatic rings. The molecule has 1 aromatic heterocycles. The van der Waals surface area contributed by atoms with Crippen molar-refractivity contribution >= 4 is 34.4 Å². The number of nitrogens with zero attached hydrogens (tertiary/aromatic N) is 2. The zero-order chi connectivity index (χ0) is 23.4. The Hall–Kier alpha value is -2.25. The highest BCUT2D eigenvalue weighted by molar-refractivity contribution is 8.14. The highest BCUT2D eigenvalue weighted by Gasteiger charge is 2.54. The number of benzene rings is 1. The van der Waals surface area contributed by atoms with E-state index in [2.05, 4.69) is 16.4 Å². The van der Waals surface area contributed by atoms with Gasteiger partial charge in [0.05, 0.1) is 5.02 Å². The van der Waals surface area contributed by atoms with E-state index < -0.39 is 11.0 Å². The van der Waals surface area contributed by atoms with Crippen LogP contribution < -0.4 is 15.8 Å². The lowest BCUT2D eigenvalue weighted by Gasteiger charge is -2.49. The summed E-state index contributed by atoms with van der Waals surface area (Å²) in [5, 5.41) is 4.48. The minimum atomic E-state index is -0.472. The van der Waals surface area contributed by atoms with Crippen LogP contribution in [0.15, 0.2) is 41.7 Å². The van der Waals surface area contributed by atoms with Crippen molar-refractivity contribution in [1.82, 2.24) is 10.3 Å². The van der Waals surface area contributed by atoms with Gasteiger partial charge in [-0.25, -0.2) is 4.99 Å². The smallest absolute Gasteiger partial charge is 0.225 e. The number of amidine groups is 1. The van der Waals surface area contributed by atoms with Gasteiger partial charge in [0.25, 0.3) is 0 Å². The first-order valence-corrected chi connectivity index (χ1v) is 12.7. The molecule has 33 heavy (non-hydrogen) atoms. The van der Waals surface area contributed by atoms with Gasteiger partial charge in [-0.2, -0.15) is 0 Å². The molecule has 1 amide bonds. The molecule has 6 nitrogen and oxygen atoms in total. The van der Waals surface area contributed by atoms with Gasteiger partial charge in [-0.05, 0) is 43.0 Å². The maximum absolute atomic E-state index is 12.7. The Balaban J connectivity index is 1.53. The Labute approximate surface area is 203 Å². The normalized spacial score (nSPS) is 28.5. The second-order valence-electron chi connectivity index (χ2n) is 10.3. The molecule has 1 aliphatic carbocycles. The fraction of sp³-hybridized carbons (Fsp3) is 0.480. The average molecular weight is 485 g/mol. The Morgan fingerprint density at radius 3 is 2.76 bits per heavy atom. The largest absolute Gasteiger partial charge is 0.490 e. The van der Waals surface area contributed by atoms with Gasteiger partial charge < -0.3 is 15.8 Å². The molecule has 4 unspecified atom stereocenters. The number of halogens is 1. The van der Waals surface area contributed by atoms with Crippen molar-refractivity contribution in [3.05, 3.63) is 47.2 Å². The third kappa shape index (κ3) is 4.10. The number of hydrogen-bond donors (Lipinski definition) is 2. The maximum atomic E-state index is 12.7. The summed E-state index contributed by atoms with van der Waals surface area (Å²) >= 11 is 7.79. The Kier molecular flexibility index (Phi) is 5.60. The quantitative estimate of drug-likeness (QED) is 0.642. The molecular formula is C25H29ClN4O2S. The molecule has 2 aromatic rings. The molecular weight excluding hydrogens is 456 g/mol. The van der Waals surface area contributed by atoms with E-state index in [0.29, 0.717) is 10.2 Å². The molecule has 1 fully saturated rings. The topological polar surface area (TPSA) is 89.6 Å². The zero-order valence-corrected chi connectivity index (χ0v) is 20.7. The fourth-order valence-electron chi connectivity index (χ4n) is 5.18. The van der Waals surface area contributed by atoms with Crippen molar-refractivity contribution in [1.29, 1.82) is 0 Å². The van der Waals surface area contributed by atoms with E-state index in [4.69, 9.17) is 27.1 Å². The number of amides is 1. The molecule has 4 atom stereocenters. The summed E-state index contributed by atoms with van der Waals surface area (Å²) in [7, 11) is 0. The minimum Gasteiger partial charge on any atom is -0.490 e. The fourth-order valence-corrected chi connectivity index (χ4v) is 6.38. The van der Waals surface area contributed by atoms with Gasteiger partial charge in [0, 0.05) is 46.6 Å². The van der Waals surface area contributed by atoms with E-state index in [1.54, 1.807) is 18.0 Å². The molecule has 8 heteroatoms. The van der Waals surface area contributed by atoms with Crippen molar-refractivity contribution in [2.75, 3.05) is 5.75 Å². The summed E-state index contributed by atoms with van der Waals surface area (Å²) in [6.07, 6.45) is 6.08. The minimum absolute atomic E-state index is 0.0502. The number of fused-ring (bicyclic) bond motifs is 4. The van der Waals surface area contributed by atoms with Crippen LogP contribution >= 0.6 is 23.4 Å². The molecule has 1 saturated carbocycles. The van der Waals surface area contributed by atoms with Crippen LogP contribution in [-0.2, 0) is 10.3 Å². The van der Waals surface area contributed by atoms with Crippen molar-refractivity contribution in [3.63, 3.8) is 0 Å². The number of ether oxygens (including phenoxy) is 1. The molecule has 0 radical (unpaired) electrons. The first-order chi connectivity index (χ1) is 15.7. The number of carbonyl (C=O) groups is 1. The zero-order valence-electron chi connectivity index (χ0n) is 19.1. The molecule has 5 rings (SSSR count). The van der Waals surface area contributed by atoms with E-state index in [9.17, 15) is 4.79 Å². The second-order valence-corrected chi connectivity index (χ2v) is 11.7. The lowest BCUT2D eigenvalue weighted by Crippen LogP contribution is -2.55. The summed E-state index contributed by atoms with van der Waals surface area (Å²) in [5.41, 5.74) is 8.36. The monoisotopic (exact) mass is 484 g/mol. The van der Waals surface area contributed by atoms with Crippen molar-refractivity contribution in [3.8, 4) is 16.9 Å². The van der Waals surface area contributed by atoms with E-state index in [0.717, 1.165) is 47.5 Å². The number of carbonyl (C=O) groups excluding carboxylic acids is 1. The van der Waals surface area contributed by atoms with Crippen LogP contribution in [0.2, 0.25) is 5.02 Å². The van der Waals surface area contributed by atoms with Crippen LogP contribution in [-0.4, -0.2) is 34.0 Å². The van der Waals surface area contributed by atoms with E-state index in [-0.39, 0.29) is 24.0 Å². The Morgan fingerprint density at radius 2 is 2.06 bits per heavy atom. The summed E-state index contributed by atoms with van der Waals surface area (Å²) in [4.78, 5) is 22.0. The number of hydrogen-bond acceptors (Lipinski definition) is 6. The van der Waals surface area contributed by atoms with Crippen LogP contribution in [0.4, 0.5) is 0 Å². The Morgan fingerprint density at radius 1 is 1.24 bits per heavy atom. The number of aliphatic imine (C=N–C) groups is 1. The van der Waals surface area contributed by atoms with Crippen molar-refractivity contribution in [2.24, 2.45) is 22.1 Å². The molecule has 0 bridgehead atoms. The van der Waals surface area contributed by atoms with Gasteiger partial charge in [0.1, 0.15) is 17.4 Å². The predicted octanol–water partition coefficient (Wildman–Crippen LogP) is 4.75. The van der Waals surface area contributed by atoms with Gasteiger partial charge in [-0.3, -0.25) is 9.78 Å². The number of pyridine rings is 1.